The van der Waals surface area contributed by atoms with Gasteiger partial charge in [0.05, 0.1) is 11.7 Å². The maximum absolute atomic E-state index is 10.7. The van der Waals surface area contributed by atoms with Gasteiger partial charge in [-0.15, -0.1) is 11.3 Å². The monoisotopic (exact) mass is 296 g/mol. The fourth-order valence-electron chi connectivity index (χ4n) is 1.80. The number of anilines is 2. The van der Waals surface area contributed by atoms with E-state index in [2.05, 4.69) is 15.3 Å². The molecule has 2 aromatic heterocycles. The van der Waals surface area contributed by atoms with Crippen LogP contribution in [0.5, 0.6) is 0 Å². The van der Waals surface area contributed by atoms with Crippen LogP contribution in [0.2, 0.25) is 0 Å². The zero-order valence-electron chi connectivity index (χ0n) is 10.8. The molecule has 6 heteroatoms. The van der Waals surface area contributed by atoms with Gasteiger partial charge in [0.2, 0.25) is 0 Å². The van der Waals surface area contributed by atoms with Crippen molar-refractivity contribution in [3.05, 3.63) is 59.7 Å². The highest BCUT2D eigenvalue weighted by molar-refractivity contribution is 7.14. The van der Waals surface area contributed by atoms with E-state index in [9.17, 15) is 9.90 Å². The molecule has 0 amide bonds. The van der Waals surface area contributed by atoms with Crippen molar-refractivity contribution in [1.29, 1.82) is 0 Å². The van der Waals surface area contributed by atoms with Gasteiger partial charge < -0.3 is 15.2 Å². The van der Waals surface area contributed by atoms with Gasteiger partial charge in [-0.3, -0.25) is 4.98 Å². The minimum Gasteiger partial charge on any atom is -0.545 e. The number of hydrogen-bond acceptors (Lipinski definition) is 6. The Bertz CT molecular complexity index is 754. The molecule has 0 fully saturated rings. The van der Waals surface area contributed by atoms with Crippen LogP contribution in [0.25, 0.3) is 11.3 Å². The third-order valence-electron chi connectivity index (χ3n) is 2.85. The molecule has 0 aliphatic carbocycles. The number of carboxylic acid groups (broad SMARTS) is 1. The third-order valence-corrected chi connectivity index (χ3v) is 3.61. The predicted molar refractivity (Wildman–Crippen MR) is 79.4 cm³/mol. The van der Waals surface area contributed by atoms with Crippen molar-refractivity contribution in [2.45, 2.75) is 0 Å². The number of carbonyl (C=O) groups is 1. The number of hydrogen-bond donors (Lipinski definition) is 1. The second-order valence-electron chi connectivity index (χ2n) is 4.26. The molecule has 2 heterocycles. The first kappa shape index (κ1) is 13.3. The Balaban J connectivity index is 1.77. The number of thiazole rings is 1. The van der Waals surface area contributed by atoms with Gasteiger partial charge in [-0.2, -0.15) is 0 Å². The van der Waals surface area contributed by atoms with Crippen molar-refractivity contribution in [2.24, 2.45) is 0 Å². The SMILES string of the molecule is O=C([O-])c1ccc(Nc2nc(-c3ccncc3)cs2)cc1. The van der Waals surface area contributed by atoms with Crippen LogP contribution in [0.1, 0.15) is 10.4 Å². The van der Waals surface area contributed by atoms with Gasteiger partial charge in [0, 0.05) is 29.0 Å². The molecule has 0 unspecified atom stereocenters. The number of benzene rings is 1. The van der Waals surface area contributed by atoms with Gasteiger partial charge in [-0.1, -0.05) is 12.1 Å². The smallest absolute Gasteiger partial charge is 0.187 e. The summed E-state index contributed by atoms with van der Waals surface area (Å²) in [5.74, 6) is -1.18. The lowest BCUT2D eigenvalue weighted by Crippen LogP contribution is -2.21. The highest BCUT2D eigenvalue weighted by Crippen LogP contribution is 2.26. The lowest BCUT2D eigenvalue weighted by Gasteiger charge is -2.05. The molecule has 0 spiro atoms. The normalized spacial score (nSPS) is 10.3. The molecule has 104 valence electrons. The molecule has 21 heavy (non-hydrogen) atoms. The van der Waals surface area contributed by atoms with Crippen LogP contribution >= 0.6 is 11.3 Å². The summed E-state index contributed by atoms with van der Waals surface area (Å²) in [5, 5.41) is 16.5. The zero-order chi connectivity index (χ0) is 14.7. The Morgan fingerprint density at radius 3 is 2.48 bits per heavy atom. The number of aromatic nitrogens is 2. The standard InChI is InChI=1S/C15H11N3O2S/c19-14(20)11-1-3-12(4-2-11)17-15-18-13(9-21-15)10-5-7-16-8-6-10/h1-9H,(H,17,18)(H,19,20)/p-1. The number of carbonyl (C=O) groups excluding carboxylic acids is 1. The highest BCUT2D eigenvalue weighted by Gasteiger charge is 2.04. The minimum atomic E-state index is -1.18. The van der Waals surface area contributed by atoms with Gasteiger partial charge in [0.1, 0.15) is 0 Å². The summed E-state index contributed by atoms with van der Waals surface area (Å²) in [6.07, 6.45) is 3.45. The molecule has 0 atom stereocenters. The van der Waals surface area contributed by atoms with Crippen molar-refractivity contribution < 1.29 is 9.90 Å². The average Bonchev–Trinajstić information content (AvgIpc) is 2.97. The van der Waals surface area contributed by atoms with Gasteiger partial charge in [0.25, 0.3) is 0 Å². The van der Waals surface area contributed by atoms with Crippen LogP contribution in [0.3, 0.4) is 0 Å². The van der Waals surface area contributed by atoms with Gasteiger partial charge >= 0.3 is 0 Å². The van der Waals surface area contributed by atoms with Crippen LogP contribution in [0.4, 0.5) is 10.8 Å². The number of pyridine rings is 1. The summed E-state index contributed by atoms with van der Waals surface area (Å²) in [7, 11) is 0. The molecule has 0 aliphatic heterocycles. The van der Waals surface area contributed by atoms with Gasteiger partial charge in [0.15, 0.2) is 5.13 Å². The number of nitrogens with one attached hydrogen (secondary N) is 1. The first-order valence-corrected chi connectivity index (χ1v) is 7.05. The summed E-state index contributed by atoms with van der Waals surface area (Å²) in [5.41, 5.74) is 2.80. The predicted octanol–water partition coefficient (Wildman–Crippen LogP) is 2.31. The van der Waals surface area contributed by atoms with Gasteiger partial charge in [-0.05, 0) is 29.8 Å². The van der Waals surface area contributed by atoms with E-state index in [0.29, 0.717) is 0 Å². The lowest BCUT2D eigenvalue weighted by atomic mass is 10.2. The molecule has 3 aromatic rings. The number of rotatable bonds is 4. The summed E-state index contributed by atoms with van der Waals surface area (Å²) in [4.78, 5) is 19.1. The first-order chi connectivity index (χ1) is 10.2. The second-order valence-corrected chi connectivity index (χ2v) is 5.12. The molecule has 0 aliphatic rings. The molecule has 1 aromatic carbocycles. The van der Waals surface area contributed by atoms with Crippen LogP contribution in [-0.4, -0.2) is 15.9 Å². The number of aromatic carboxylic acids is 1. The lowest BCUT2D eigenvalue weighted by molar-refractivity contribution is -0.255. The fraction of sp³-hybridized carbons (Fsp3) is 0. The van der Waals surface area contributed by atoms with E-state index in [-0.39, 0.29) is 5.56 Å². The maximum Gasteiger partial charge on any atom is 0.187 e. The molecule has 0 radical (unpaired) electrons. The number of nitrogens with zero attached hydrogens (tertiary/aromatic N) is 2. The van der Waals surface area contributed by atoms with E-state index in [1.54, 1.807) is 24.5 Å². The van der Waals surface area contributed by atoms with Crippen LogP contribution in [0.15, 0.2) is 54.2 Å². The molecule has 1 N–H and O–H groups in total. The zero-order valence-corrected chi connectivity index (χ0v) is 11.6. The Kier molecular flexibility index (Phi) is 3.61. The molecular formula is C15H10N3O2S-. The van der Waals surface area contributed by atoms with E-state index in [4.69, 9.17) is 0 Å². The molecule has 5 nitrogen and oxygen atoms in total. The van der Waals surface area contributed by atoms with E-state index in [1.807, 2.05) is 17.5 Å². The Hall–Kier alpha value is -2.73. The van der Waals surface area contributed by atoms with E-state index in [0.717, 1.165) is 22.1 Å². The fourth-order valence-corrected chi connectivity index (χ4v) is 2.54. The van der Waals surface area contributed by atoms with Crippen molar-refractivity contribution in [1.82, 2.24) is 9.97 Å². The van der Waals surface area contributed by atoms with Crippen molar-refractivity contribution >= 4 is 28.1 Å². The average molecular weight is 296 g/mol. The van der Waals surface area contributed by atoms with Crippen molar-refractivity contribution in [3.63, 3.8) is 0 Å². The van der Waals surface area contributed by atoms with Crippen molar-refractivity contribution in [2.75, 3.05) is 5.32 Å². The molecule has 0 saturated carbocycles. The second kappa shape index (κ2) is 5.72. The summed E-state index contributed by atoms with van der Waals surface area (Å²) >= 11 is 1.48. The first-order valence-electron chi connectivity index (χ1n) is 6.17. The quantitative estimate of drug-likeness (QED) is 0.799. The molecule has 0 bridgehead atoms. The van der Waals surface area contributed by atoms with Crippen LogP contribution in [-0.2, 0) is 0 Å². The minimum absolute atomic E-state index is 0.150. The Morgan fingerprint density at radius 2 is 1.81 bits per heavy atom. The van der Waals surface area contributed by atoms with E-state index >= 15 is 0 Å². The topological polar surface area (TPSA) is 77.9 Å². The maximum atomic E-state index is 10.7. The van der Waals surface area contributed by atoms with Crippen LogP contribution in [0, 0.1) is 0 Å². The largest absolute Gasteiger partial charge is 0.545 e. The van der Waals surface area contributed by atoms with Crippen molar-refractivity contribution in [3.8, 4) is 11.3 Å². The number of carboxylic acids is 1. The molecular weight excluding hydrogens is 286 g/mol. The van der Waals surface area contributed by atoms with E-state index < -0.39 is 5.97 Å². The summed E-state index contributed by atoms with van der Waals surface area (Å²) < 4.78 is 0. The highest BCUT2D eigenvalue weighted by atomic mass is 32.1. The van der Waals surface area contributed by atoms with Crippen LogP contribution < -0.4 is 10.4 Å². The summed E-state index contributed by atoms with van der Waals surface area (Å²) in [6, 6.07) is 10.1. The molecule has 0 saturated heterocycles. The Morgan fingerprint density at radius 1 is 1.10 bits per heavy atom. The van der Waals surface area contributed by atoms with E-state index in [1.165, 1.54) is 23.5 Å². The molecule has 3 rings (SSSR count). The Labute approximate surface area is 124 Å². The third kappa shape index (κ3) is 3.06. The summed E-state index contributed by atoms with van der Waals surface area (Å²) in [6.45, 7) is 0. The van der Waals surface area contributed by atoms with Gasteiger partial charge in [-0.25, -0.2) is 4.98 Å².